The van der Waals surface area contributed by atoms with E-state index in [2.05, 4.69) is 10.3 Å². The molecule has 29 heavy (non-hydrogen) atoms. The van der Waals surface area contributed by atoms with Crippen molar-refractivity contribution in [1.29, 1.82) is 0 Å². The number of aromatic nitrogens is 2. The van der Waals surface area contributed by atoms with Gasteiger partial charge in [0, 0.05) is 36.2 Å². The summed E-state index contributed by atoms with van der Waals surface area (Å²) < 4.78 is 1.28. The van der Waals surface area contributed by atoms with Crippen LogP contribution in [-0.4, -0.2) is 39.4 Å². The minimum Gasteiger partial charge on any atom is -0.348 e. The molecule has 1 aromatic carbocycles. The van der Waals surface area contributed by atoms with Gasteiger partial charge in [-0.05, 0) is 42.3 Å². The predicted molar refractivity (Wildman–Crippen MR) is 110 cm³/mol. The number of rotatable bonds is 5. The topological polar surface area (TPSA) is 84.3 Å². The SMILES string of the molecule is O=C(NCc1ccc(Cl)cc1)c1cc2cccnc2n(CC(=O)N2CCC2)c1=O. The second-order valence-electron chi connectivity index (χ2n) is 6.91. The van der Waals surface area contributed by atoms with Crippen LogP contribution in [0.1, 0.15) is 22.3 Å². The summed E-state index contributed by atoms with van der Waals surface area (Å²) in [7, 11) is 0. The summed E-state index contributed by atoms with van der Waals surface area (Å²) in [4.78, 5) is 44.1. The molecule has 4 rings (SSSR count). The van der Waals surface area contributed by atoms with Crippen molar-refractivity contribution in [3.8, 4) is 0 Å². The van der Waals surface area contributed by atoms with Crippen molar-refractivity contribution in [1.82, 2.24) is 19.8 Å². The lowest BCUT2D eigenvalue weighted by atomic mass is 10.1. The molecule has 1 aliphatic rings. The fraction of sp³-hybridized carbons (Fsp3) is 0.238. The maximum Gasteiger partial charge on any atom is 0.265 e. The molecule has 1 aliphatic heterocycles. The van der Waals surface area contributed by atoms with E-state index in [1.165, 1.54) is 10.6 Å². The van der Waals surface area contributed by atoms with E-state index in [9.17, 15) is 14.4 Å². The van der Waals surface area contributed by atoms with Gasteiger partial charge in [-0.25, -0.2) is 4.98 Å². The van der Waals surface area contributed by atoms with Gasteiger partial charge < -0.3 is 10.2 Å². The number of amides is 2. The molecule has 1 fully saturated rings. The highest BCUT2D eigenvalue weighted by atomic mass is 35.5. The third-order valence-electron chi connectivity index (χ3n) is 4.96. The van der Waals surface area contributed by atoms with Gasteiger partial charge in [0.25, 0.3) is 11.5 Å². The lowest BCUT2D eigenvalue weighted by molar-refractivity contribution is -0.135. The number of likely N-dealkylation sites (tertiary alicyclic amines) is 1. The maximum absolute atomic E-state index is 13.0. The molecule has 8 heteroatoms. The Labute approximate surface area is 171 Å². The zero-order valence-corrected chi connectivity index (χ0v) is 16.4. The molecule has 0 spiro atoms. The van der Waals surface area contributed by atoms with Gasteiger partial charge in [-0.2, -0.15) is 0 Å². The van der Waals surface area contributed by atoms with Crippen molar-refractivity contribution < 1.29 is 9.59 Å². The number of benzene rings is 1. The van der Waals surface area contributed by atoms with Crippen LogP contribution in [0.4, 0.5) is 0 Å². The Morgan fingerprint density at radius 3 is 2.59 bits per heavy atom. The molecule has 148 valence electrons. The van der Waals surface area contributed by atoms with Gasteiger partial charge in [-0.3, -0.25) is 19.0 Å². The van der Waals surface area contributed by atoms with E-state index in [0.717, 1.165) is 12.0 Å². The third-order valence-corrected chi connectivity index (χ3v) is 5.21. The highest BCUT2D eigenvalue weighted by molar-refractivity contribution is 6.30. The van der Waals surface area contributed by atoms with Crippen LogP contribution in [0.5, 0.6) is 0 Å². The monoisotopic (exact) mass is 410 g/mol. The molecule has 0 saturated carbocycles. The molecule has 0 radical (unpaired) electrons. The molecule has 2 amide bonds. The zero-order valence-electron chi connectivity index (χ0n) is 15.6. The molecule has 1 saturated heterocycles. The van der Waals surface area contributed by atoms with Crippen LogP contribution in [0.25, 0.3) is 11.0 Å². The number of pyridine rings is 2. The summed E-state index contributed by atoms with van der Waals surface area (Å²) >= 11 is 5.87. The maximum atomic E-state index is 13.0. The van der Waals surface area contributed by atoms with E-state index in [1.807, 2.05) is 0 Å². The van der Waals surface area contributed by atoms with E-state index in [-0.39, 0.29) is 24.6 Å². The molecule has 2 aromatic heterocycles. The lowest BCUT2D eigenvalue weighted by Gasteiger charge is -2.31. The molecule has 0 atom stereocenters. The zero-order chi connectivity index (χ0) is 20.4. The van der Waals surface area contributed by atoms with Gasteiger partial charge in [0.2, 0.25) is 5.91 Å². The van der Waals surface area contributed by atoms with E-state index < -0.39 is 11.5 Å². The van der Waals surface area contributed by atoms with Crippen LogP contribution in [0.2, 0.25) is 5.02 Å². The average molecular weight is 411 g/mol. The van der Waals surface area contributed by atoms with Crippen LogP contribution in [0.3, 0.4) is 0 Å². The van der Waals surface area contributed by atoms with Crippen LogP contribution < -0.4 is 10.9 Å². The Morgan fingerprint density at radius 1 is 1.14 bits per heavy atom. The molecule has 1 N–H and O–H groups in total. The first-order chi connectivity index (χ1) is 14.0. The van der Waals surface area contributed by atoms with Gasteiger partial charge >= 0.3 is 0 Å². The second-order valence-corrected chi connectivity index (χ2v) is 7.35. The Kier molecular flexibility index (Phi) is 5.31. The summed E-state index contributed by atoms with van der Waals surface area (Å²) in [5.74, 6) is -0.648. The van der Waals surface area contributed by atoms with Gasteiger partial charge in [0.15, 0.2) is 0 Å². The standard InChI is InChI=1S/C21H19ClN4O3/c22-16-6-4-14(5-7-16)12-24-20(28)17-11-15-3-1-8-23-19(15)26(21(17)29)13-18(27)25-9-2-10-25/h1,3-8,11H,2,9-10,12-13H2,(H,24,28). The van der Waals surface area contributed by atoms with E-state index >= 15 is 0 Å². The number of fused-ring (bicyclic) bond motifs is 1. The van der Waals surface area contributed by atoms with Crippen LogP contribution in [0.15, 0.2) is 53.5 Å². The third kappa shape index (κ3) is 4.00. The van der Waals surface area contributed by atoms with Gasteiger partial charge in [0.1, 0.15) is 17.8 Å². The molecule has 0 aliphatic carbocycles. The summed E-state index contributed by atoms with van der Waals surface area (Å²) in [6.07, 6.45) is 2.53. The Morgan fingerprint density at radius 2 is 1.90 bits per heavy atom. The van der Waals surface area contributed by atoms with Gasteiger partial charge in [0.05, 0.1) is 0 Å². The Balaban J connectivity index is 1.63. The van der Waals surface area contributed by atoms with Crippen molar-refractivity contribution in [2.45, 2.75) is 19.5 Å². The highest BCUT2D eigenvalue weighted by Crippen LogP contribution is 2.14. The Bertz CT molecular complexity index is 1140. The smallest absolute Gasteiger partial charge is 0.265 e. The van der Waals surface area contributed by atoms with E-state index in [4.69, 9.17) is 11.6 Å². The van der Waals surface area contributed by atoms with Gasteiger partial charge in [-0.1, -0.05) is 23.7 Å². The first-order valence-corrected chi connectivity index (χ1v) is 9.70. The van der Waals surface area contributed by atoms with Crippen molar-refractivity contribution in [2.24, 2.45) is 0 Å². The molecule has 3 heterocycles. The van der Waals surface area contributed by atoms with Crippen molar-refractivity contribution in [3.63, 3.8) is 0 Å². The van der Waals surface area contributed by atoms with Crippen molar-refractivity contribution in [3.05, 3.63) is 75.2 Å². The van der Waals surface area contributed by atoms with Crippen LogP contribution in [-0.2, 0) is 17.9 Å². The number of hydrogen-bond donors (Lipinski definition) is 1. The molecule has 0 unspecified atom stereocenters. The van der Waals surface area contributed by atoms with Crippen molar-refractivity contribution in [2.75, 3.05) is 13.1 Å². The molecular formula is C21H19ClN4O3. The number of nitrogens with zero attached hydrogens (tertiary/aromatic N) is 3. The summed E-state index contributed by atoms with van der Waals surface area (Å²) in [5, 5.41) is 3.99. The van der Waals surface area contributed by atoms with Crippen LogP contribution >= 0.6 is 11.6 Å². The fourth-order valence-corrected chi connectivity index (χ4v) is 3.32. The number of carbonyl (C=O) groups is 2. The molecular weight excluding hydrogens is 392 g/mol. The minimum absolute atomic E-state index is 0.0177. The Hall–Kier alpha value is -3.19. The number of carbonyl (C=O) groups excluding carboxylic acids is 2. The first-order valence-electron chi connectivity index (χ1n) is 9.32. The average Bonchev–Trinajstić information content (AvgIpc) is 2.68. The van der Waals surface area contributed by atoms with E-state index in [1.54, 1.807) is 47.5 Å². The molecule has 0 bridgehead atoms. The second kappa shape index (κ2) is 8.05. The summed E-state index contributed by atoms with van der Waals surface area (Å²) in [6.45, 7) is 1.51. The minimum atomic E-state index is -0.529. The van der Waals surface area contributed by atoms with Gasteiger partial charge in [-0.15, -0.1) is 0 Å². The highest BCUT2D eigenvalue weighted by Gasteiger charge is 2.23. The summed E-state index contributed by atoms with van der Waals surface area (Å²) in [6, 6.07) is 12.1. The number of nitrogens with one attached hydrogen (secondary N) is 1. The normalized spacial score (nSPS) is 13.2. The lowest BCUT2D eigenvalue weighted by Crippen LogP contribution is -2.45. The fourth-order valence-electron chi connectivity index (χ4n) is 3.20. The molecule has 7 nitrogen and oxygen atoms in total. The molecule has 3 aromatic rings. The first kappa shape index (κ1) is 19.1. The van der Waals surface area contributed by atoms with Crippen LogP contribution in [0, 0.1) is 0 Å². The van der Waals surface area contributed by atoms with E-state index in [0.29, 0.717) is 29.1 Å². The van der Waals surface area contributed by atoms with Crippen molar-refractivity contribution >= 4 is 34.4 Å². The summed E-state index contributed by atoms with van der Waals surface area (Å²) in [5.41, 5.74) is 0.702. The number of hydrogen-bond acceptors (Lipinski definition) is 4. The predicted octanol–water partition coefficient (Wildman–Crippen LogP) is 2.21. The quantitative estimate of drug-likeness (QED) is 0.699. The number of halogens is 1. The largest absolute Gasteiger partial charge is 0.348 e.